The van der Waals surface area contributed by atoms with E-state index in [9.17, 15) is 19.5 Å². The van der Waals surface area contributed by atoms with Crippen LogP contribution in [0.3, 0.4) is 0 Å². The van der Waals surface area contributed by atoms with E-state index in [1.807, 2.05) is 109 Å². The molecule has 1 aliphatic rings. The highest BCUT2D eigenvalue weighted by Gasteiger charge is 2.36. The molecule has 0 spiro atoms. The van der Waals surface area contributed by atoms with Crippen LogP contribution in [-0.4, -0.2) is 40.0 Å². The topological polar surface area (TPSA) is 112 Å². The second-order valence-corrected chi connectivity index (χ2v) is 10.9. The summed E-state index contributed by atoms with van der Waals surface area (Å²) in [5.74, 6) is -1.83. The molecule has 0 unspecified atom stereocenters. The number of aliphatic carboxylic acids is 1. The van der Waals surface area contributed by atoms with E-state index in [4.69, 9.17) is 4.74 Å². The van der Waals surface area contributed by atoms with Crippen molar-refractivity contribution in [3.63, 3.8) is 0 Å². The number of hydrogen-bond donors (Lipinski definition) is 3. The van der Waals surface area contributed by atoms with Crippen LogP contribution in [0, 0.1) is 0 Å². The number of rotatable bonds is 10. The fraction of sp³-hybridized carbons (Fsp3) is 0.194. The number of amides is 2. The lowest BCUT2D eigenvalue weighted by Crippen LogP contribution is -2.43. The standard InChI is InChI=1S/C36H33N3O5/c40-33(38-30(36(42)43)21-26-22-37-29-17-9-7-15-27(26)29)20-19-32-35(41)39(23-24-11-3-1-4-12-24)31-18-10-8-16-28(31)34(44-32)25-13-5-2-6-14-25/h1-18,22,30,32,34,37H,19-21,23H2,(H,38,40)(H,42,43)/t30-,32-,34+/m0/s1. The molecule has 8 nitrogen and oxygen atoms in total. The largest absolute Gasteiger partial charge is 0.480 e. The van der Waals surface area contributed by atoms with Crippen LogP contribution in [0.5, 0.6) is 0 Å². The molecule has 2 heterocycles. The van der Waals surface area contributed by atoms with Gasteiger partial charge in [-0.25, -0.2) is 4.79 Å². The first-order valence-corrected chi connectivity index (χ1v) is 14.7. The Morgan fingerprint density at radius 3 is 2.34 bits per heavy atom. The lowest BCUT2D eigenvalue weighted by molar-refractivity contribution is -0.142. The highest BCUT2D eigenvalue weighted by Crippen LogP contribution is 2.39. The van der Waals surface area contributed by atoms with E-state index >= 15 is 0 Å². The van der Waals surface area contributed by atoms with Gasteiger partial charge in [0, 0.05) is 35.5 Å². The number of carbonyl (C=O) groups excluding carboxylic acids is 2. The summed E-state index contributed by atoms with van der Waals surface area (Å²) >= 11 is 0. The molecule has 1 aromatic heterocycles. The zero-order chi connectivity index (χ0) is 30.5. The summed E-state index contributed by atoms with van der Waals surface area (Å²) in [7, 11) is 0. The van der Waals surface area contributed by atoms with Gasteiger partial charge in [0.2, 0.25) is 5.91 Å². The number of carboxylic acids is 1. The van der Waals surface area contributed by atoms with E-state index in [1.165, 1.54) is 0 Å². The number of ether oxygens (including phenoxy) is 1. The van der Waals surface area contributed by atoms with Gasteiger partial charge in [-0.2, -0.15) is 0 Å². The van der Waals surface area contributed by atoms with Crippen LogP contribution in [-0.2, 0) is 32.1 Å². The van der Waals surface area contributed by atoms with E-state index in [0.29, 0.717) is 6.54 Å². The molecule has 0 radical (unpaired) electrons. The van der Waals surface area contributed by atoms with Gasteiger partial charge in [-0.1, -0.05) is 97.1 Å². The van der Waals surface area contributed by atoms with Crippen LogP contribution in [0.4, 0.5) is 5.69 Å². The van der Waals surface area contributed by atoms with Crippen LogP contribution in [0.1, 0.15) is 41.2 Å². The Morgan fingerprint density at radius 1 is 0.886 bits per heavy atom. The molecule has 222 valence electrons. The highest BCUT2D eigenvalue weighted by atomic mass is 16.5. The summed E-state index contributed by atoms with van der Waals surface area (Å²) in [5, 5.41) is 13.5. The summed E-state index contributed by atoms with van der Waals surface area (Å²) in [6, 6.07) is 33.7. The molecular weight excluding hydrogens is 554 g/mol. The number of benzene rings is 4. The Hall–Kier alpha value is -5.21. The smallest absolute Gasteiger partial charge is 0.326 e. The minimum absolute atomic E-state index is 0.0783. The highest BCUT2D eigenvalue weighted by molar-refractivity contribution is 5.98. The molecule has 0 saturated carbocycles. The van der Waals surface area contributed by atoms with Crippen molar-refractivity contribution in [1.29, 1.82) is 0 Å². The number of anilines is 1. The van der Waals surface area contributed by atoms with Crippen LogP contribution in [0.2, 0.25) is 0 Å². The molecule has 4 aromatic carbocycles. The number of nitrogens with one attached hydrogen (secondary N) is 2. The van der Waals surface area contributed by atoms with Gasteiger partial charge in [0.25, 0.3) is 5.91 Å². The normalized spacial score (nSPS) is 17.1. The Kier molecular flexibility index (Phi) is 8.52. The maximum absolute atomic E-state index is 14.1. The molecule has 0 fully saturated rings. The molecule has 3 atom stereocenters. The van der Waals surface area contributed by atoms with Gasteiger partial charge in [-0.15, -0.1) is 0 Å². The number of aromatic nitrogens is 1. The first kappa shape index (κ1) is 28.9. The fourth-order valence-corrected chi connectivity index (χ4v) is 5.80. The summed E-state index contributed by atoms with van der Waals surface area (Å²) in [6.45, 7) is 0.343. The molecule has 5 aromatic rings. The van der Waals surface area contributed by atoms with E-state index in [0.717, 1.165) is 38.8 Å². The van der Waals surface area contributed by atoms with Gasteiger partial charge in [0.1, 0.15) is 18.2 Å². The number of fused-ring (bicyclic) bond motifs is 2. The second kappa shape index (κ2) is 13.0. The SMILES string of the molecule is O=C(CC[C@@H]1O[C@H](c2ccccc2)c2ccccc2N(Cc2ccccc2)C1=O)N[C@@H](Cc1c[nH]c2ccccc12)C(=O)O. The van der Waals surface area contributed by atoms with Crippen molar-refractivity contribution < 1.29 is 24.2 Å². The molecule has 8 heteroatoms. The maximum atomic E-state index is 14.1. The Balaban J connectivity index is 1.23. The van der Waals surface area contributed by atoms with Crippen molar-refractivity contribution in [3.8, 4) is 0 Å². The van der Waals surface area contributed by atoms with Crippen molar-refractivity contribution in [2.24, 2.45) is 0 Å². The van der Waals surface area contributed by atoms with Crippen LogP contribution < -0.4 is 10.2 Å². The zero-order valence-electron chi connectivity index (χ0n) is 24.1. The molecule has 2 amide bonds. The van der Waals surface area contributed by atoms with E-state index in [2.05, 4.69) is 10.3 Å². The van der Waals surface area contributed by atoms with E-state index < -0.39 is 30.1 Å². The summed E-state index contributed by atoms with van der Waals surface area (Å²) in [6.07, 6.45) is 0.448. The average Bonchev–Trinajstić information content (AvgIpc) is 3.42. The molecule has 0 bridgehead atoms. The van der Waals surface area contributed by atoms with Gasteiger partial charge >= 0.3 is 5.97 Å². The first-order valence-electron chi connectivity index (χ1n) is 14.7. The number of aromatic amines is 1. The van der Waals surface area contributed by atoms with Crippen molar-refractivity contribution in [1.82, 2.24) is 10.3 Å². The number of para-hydroxylation sites is 2. The van der Waals surface area contributed by atoms with Crippen LogP contribution in [0.15, 0.2) is 115 Å². The Morgan fingerprint density at radius 2 is 1.57 bits per heavy atom. The van der Waals surface area contributed by atoms with Crippen LogP contribution >= 0.6 is 0 Å². The predicted octanol–water partition coefficient (Wildman–Crippen LogP) is 5.78. The minimum Gasteiger partial charge on any atom is -0.480 e. The minimum atomic E-state index is -1.13. The quantitative estimate of drug-likeness (QED) is 0.192. The van der Waals surface area contributed by atoms with E-state index in [1.54, 1.807) is 11.1 Å². The zero-order valence-corrected chi connectivity index (χ0v) is 24.1. The lowest BCUT2D eigenvalue weighted by atomic mass is 9.99. The number of carboxylic acid groups (broad SMARTS) is 1. The number of hydrogen-bond acceptors (Lipinski definition) is 4. The van der Waals surface area contributed by atoms with E-state index in [-0.39, 0.29) is 25.2 Å². The third kappa shape index (κ3) is 6.26. The number of nitrogens with zero attached hydrogens (tertiary/aromatic N) is 1. The average molecular weight is 588 g/mol. The molecule has 1 aliphatic heterocycles. The van der Waals surface area contributed by atoms with Gasteiger partial charge in [-0.3, -0.25) is 9.59 Å². The number of H-pyrrole nitrogens is 1. The lowest BCUT2D eigenvalue weighted by Gasteiger charge is -2.25. The van der Waals surface area contributed by atoms with Crippen molar-refractivity contribution >= 4 is 34.4 Å². The third-order valence-corrected chi connectivity index (χ3v) is 8.00. The van der Waals surface area contributed by atoms with Crippen molar-refractivity contribution in [2.45, 2.75) is 44.1 Å². The first-order chi connectivity index (χ1) is 21.5. The second-order valence-electron chi connectivity index (χ2n) is 10.9. The third-order valence-electron chi connectivity index (χ3n) is 8.00. The summed E-state index contributed by atoms with van der Waals surface area (Å²) in [5.41, 5.74) is 5.18. The monoisotopic (exact) mass is 587 g/mol. The van der Waals surface area contributed by atoms with Crippen molar-refractivity contribution in [2.75, 3.05) is 4.90 Å². The molecule has 44 heavy (non-hydrogen) atoms. The Labute approximate surface area is 255 Å². The Bertz CT molecular complexity index is 1770. The van der Waals surface area contributed by atoms with Gasteiger partial charge in [-0.05, 0) is 35.2 Å². The van der Waals surface area contributed by atoms with Crippen LogP contribution in [0.25, 0.3) is 10.9 Å². The molecule has 0 saturated heterocycles. The number of carbonyl (C=O) groups is 3. The van der Waals surface area contributed by atoms with Gasteiger partial charge < -0.3 is 25.0 Å². The fourth-order valence-electron chi connectivity index (χ4n) is 5.80. The molecule has 3 N–H and O–H groups in total. The van der Waals surface area contributed by atoms with Gasteiger partial charge in [0.05, 0.1) is 12.2 Å². The molecular formula is C36H33N3O5. The van der Waals surface area contributed by atoms with Crippen molar-refractivity contribution in [3.05, 3.63) is 138 Å². The predicted molar refractivity (Wildman–Crippen MR) is 168 cm³/mol. The summed E-state index contributed by atoms with van der Waals surface area (Å²) in [4.78, 5) is 44.3. The summed E-state index contributed by atoms with van der Waals surface area (Å²) < 4.78 is 6.55. The maximum Gasteiger partial charge on any atom is 0.326 e. The van der Waals surface area contributed by atoms with Gasteiger partial charge in [0.15, 0.2) is 0 Å². The molecule has 6 rings (SSSR count). The molecule has 0 aliphatic carbocycles.